The zero-order valence-electron chi connectivity index (χ0n) is 23.1. The van der Waals surface area contributed by atoms with Crippen molar-refractivity contribution < 1.29 is 0 Å². The Bertz CT molecular complexity index is 2340. The summed E-state index contributed by atoms with van der Waals surface area (Å²) in [6.07, 6.45) is 1.80. The molecule has 200 valence electrons. The third-order valence-electron chi connectivity index (χ3n) is 8.41. The van der Waals surface area contributed by atoms with Crippen LogP contribution in [0, 0.1) is 0 Å². The molecule has 0 atom stereocenters. The first-order valence-corrected chi connectivity index (χ1v) is 14.5. The number of hydrogen-bond donors (Lipinski definition) is 0. The van der Waals surface area contributed by atoms with E-state index >= 15 is 0 Å². The summed E-state index contributed by atoms with van der Waals surface area (Å²) in [6.45, 7) is 0. The van der Waals surface area contributed by atoms with E-state index in [-0.39, 0.29) is 0 Å². The van der Waals surface area contributed by atoms with Crippen molar-refractivity contribution in [2.45, 2.75) is 0 Å². The lowest BCUT2D eigenvalue weighted by Gasteiger charge is -2.34. The molecule has 4 nitrogen and oxygen atoms in total. The Kier molecular flexibility index (Phi) is 5.16. The van der Waals surface area contributed by atoms with Gasteiger partial charge in [0.15, 0.2) is 5.82 Å². The summed E-state index contributed by atoms with van der Waals surface area (Å²) in [5.41, 5.74) is 9.50. The molecule has 0 saturated heterocycles. The average Bonchev–Trinajstić information content (AvgIpc) is 3.08. The minimum absolute atomic E-state index is 0.684. The predicted molar refractivity (Wildman–Crippen MR) is 177 cm³/mol. The highest BCUT2D eigenvalue weighted by Crippen LogP contribution is 2.51. The highest BCUT2D eigenvalue weighted by molar-refractivity contribution is 6.15. The molecule has 1 aliphatic heterocycles. The van der Waals surface area contributed by atoms with Gasteiger partial charge in [0, 0.05) is 33.8 Å². The van der Waals surface area contributed by atoms with E-state index in [2.05, 4.69) is 113 Å². The summed E-state index contributed by atoms with van der Waals surface area (Å²) in [7, 11) is 0. The lowest BCUT2D eigenvalue weighted by atomic mass is 9.89. The van der Waals surface area contributed by atoms with Crippen molar-refractivity contribution in [3.63, 3.8) is 0 Å². The van der Waals surface area contributed by atoms with E-state index in [1.807, 2.05) is 36.4 Å². The van der Waals surface area contributed by atoms with Gasteiger partial charge in [0.05, 0.1) is 22.6 Å². The van der Waals surface area contributed by atoms with E-state index < -0.39 is 0 Å². The second kappa shape index (κ2) is 9.33. The Balaban J connectivity index is 1.22. The first kappa shape index (κ1) is 23.8. The monoisotopic (exact) mass is 548 g/mol. The van der Waals surface area contributed by atoms with Gasteiger partial charge in [-0.3, -0.25) is 4.98 Å². The molecule has 0 amide bonds. The first-order valence-electron chi connectivity index (χ1n) is 14.5. The molecule has 0 fully saturated rings. The van der Waals surface area contributed by atoms with Gasteiger partial charge >= 0.3 is 0 Å². The van der Waals surface area contributed by atoms with Gasteiger partial charge in [-0.1, -0.05) is 78.9 Å². The second-order valence-electron chi connectivity index (χ2n) is 10.9. The number of benzene rings is 6. The fraction of sp³-hybridized carbons (Fsp3) is 0. The van der Waals surface area contributed by atoms with E-state index in [1.165, 1.54) is 44.0 Å². The highest BCUT2D eigenvalue weighted by atomic mass is 15.2. The van der Waals surface area contributed by atoms with Gasteiger partial charge in [0.25, 0.3) is 0 Å². The fourth-order valence-electron chi connectivity index (χ4n) is 6.43. The Hall–Kier alpha value is -5.87. The zero-order chi connectivity index (χ0) is 28.3. The second-order valence-corrected chi connectivity index (χ2v) is 10.9. The van der Waals surface area contributed by atoms with Crippen LogP contribution in [0.2, 0.25) is 0 Å². The van der Waals surface area contributed by atoms with Crippen LogP contribution >= 0.6 is 0 Å². The number of para-hydroxylation sites is 1. The topological polar surface area (TPSA) is 41.9 Å². The molecule has 2 aromatic heterocycles. The van der Waals surface area contributed by atoms with E-state index in [1.54, 1.807) is 6.20 Å². The summed E-state index contributed by atoms with van der Waals surface area (Å²) in [6, 6.07) is 49.1. The quantitative estimate of drug-likeness (QED) is 0.220. The number of pyridine rings is 1. The normalized spacial score (nSPS) is 12.1. The molecule has 0 spiro atoms. The molecule has 0 unspecified atom stereocenters. The summed E-state index contributed by atoms with van der Waals surface area (Å²) < 4.78 is 0. The van der Waals surface area contributed by atoms with Crippen molar-refractivity contribution in [3.8, 4) is 33.9 Å². The van der Waals surface area contributed by atoms with Crippen molar-refractivity contribution in [1.29, 1.82) is 0 Å². The first-order chi connectivity index (χ1) is 21.3. The van der Waals surface area contributed by atoms with Crippen LogP contribution in [0.3, 0.4) is 0 Å². The smallest absolute Gasteiger partial charge is 0.160 e. The van der Waals surface area contributed by atoms with Crippen molar-refractivity contribution in [2.75, 3.05) is 4.90 Å². The zero-order valence-corrected chi connectivity index (χ0v) is 23.1. The molecule has 4 heteroatoms. The van der Waals surface area contributed by atoms with Crippen LogP contribution in [-0.2, 0) is 0 Å². The maximum absolute atomic E-state index is 5.03. The lowest BCUT2D eigenvalue weighted by molar-refractivity contribution is 1.20. The van der Waals surface area contributed by atoms with Gasteiger partial charge in [-0.25, -0.2) is 9.97 Å². The highest BCUT2D eigenvalue weighted by Gasteiger charge is 2.26. The number of rotatable bonds is 3. The number of fused-ring (bicyclic) bond motifs is 4. The van der Waals surface area contributed by atoms with Crippen molar-refractivity contribution >= 4 is 49.5 Å². The van der Waals surface area contributed by atoms with Gasteiger partial charge in [-0.2, -0.15) is 0 Å². The van der Waals surface area contributed by atoms with Crippen LogP contribution in [0.4, 0.5) is 17.1 Å². The van der Waals surface area contributed by atoms with Crippen molar-refractivity contribution in [2.24, 2.45) is 0 Å². The molecule has 1 aliphatic rings. The molecule has 0 N–H and O–H groups in total. The Morgan fingerprint density at radius 3 is 2.09 bits per heavy atom. The number of nitrogens with zero attached hydrogens (tertiary/aromatic N) is 4. The van der Waals surface area contributed by atoms with Gasteiger partial charge < -0.3 is 4.90 Å². The molecule has 0 aliphatic carbocycles. The Morgan fingerprint density at radius 2 is 1.26 bits per heavy atom. The van der Waals surface area contributed by atoms with Crippen molar-refractivity contribution in [1.82, 2.24) is 15.0 Å². The van der Waals surface area contributed by atoms with Gasteiger partial charge in [-0.15, -0.1) is 0 Å². The standard InChI is InChI=1S/C39H24N4/c1-2-10-28-24-36-32(23-27(28)9-1)30-14-7-11-25-12-8-17-35(37(25)30)43(36)29-20-18-26(19-21-29)39-41-33-15-4-3-13-31(33)38(42-39)34-16-5-6-22-40-34/h1-24H. The van der Waals surface area contributed by atoms with E-state index in [9.17, 15) is 0 Å². The van der Waals surface area contributed by atoms with Gasteiger partial charge in [0.2, 0.25) is 0 Å². The van der Waals surface area contributed by atoms with Crippen LogP contribution in [0.1, 0.15) is 0 Å². The SMILES string of the molecule is c1ccc(-c2nc(-c3ccc(N4c5cc6ccccc6cc5-c5cccc6cccc4c56)cc3)nc3ccccc23)nc1. The maximum Gasteiger partial charge on any atom is 0.160 e. The van der Waals surface area contributed by atoms with Crippen LogP contribution in [-0.4, -0.2) is 15.0 Å². The molecule has 43 heavy (non-hydrogen) atoms. The Labute approximate surface area is 248 Å². The summed E-state index contributed by atoms with van der Waals surface area (Å²) in [5.74, 6) is 0.684. The fourth-order valence-corrected chi connectivity index (χ4v) is 6.43. The van der Waals surface area contributed by atoms with Crippen LogP contribution in [0.5, 0.6) is 0 Å². The molecule has 0 bridgehead atoms. The number of anilines is 3. The molecule has 9 rings (SSSR count). The van der Waals surface area contributed by atoms with E-state index in [4.69, 9.17) is 9.97 Å². The van der Waals surface area contributed by atoms with Crippen LogP contribution < -0.4 is 4.90 Å². The third-order valence-corrected chi connectivity index (χ3v) is 8.41. The van der Waals surface area contributed by atoms with Crippen LogP contribution in [0.25, 0.3) is 66.4 Å². The predicted octanol–water partition coefficient (Wildman–Crippen LogP) is 10.1. The molecular formula is C39H24N4. The Morgan fingerprint density at radius 1 is 0.512 bits per heavy atom. The molecule has 3 heterocycles. The largest absolute Gasteiger partial charge is 0.309 e. The molecule has 0 radical (unpaired) electrons. The third kappa shape index (κ3) is 3.74. The number of aromatic nitrogens is 3. The minimum atomic E-state index is 0.684. The molecule has 0 saturated carbocycles. The van der Waals surface area contributed by atoms with Gasteiger partial charge in [-0.05, 0) is 82.4 Å². The van der Waals surface area contributed by atoms with Gasteiger partial charge in [0.1, 0.15) is 5.69 Å². The summed E-state index contributed by atoms with van der Waals surface area (Å²) in [5, 5.41) is 5.97. The minimum Gasteiger partial charge on any atom is -0.309 e. The summed E-state index contributed by atoms with van der Waals surface area (Å²) in [4.78, 5) is 17.0. The summed E-state index contributed by atoms with van der Waals surface area (Å²) >= 11 is 0. The lowest BCUT2D eigenvalue weighted by Crippen LogP contribution is -2.15. The van der Waals surface area contributed by atoms with E-state index in [0.29, 0.717) is 5.82 Å². The molecule has 6 aromatic carbocycles. The van der Waals surface area contributed by atoms with Crippen molar-refractivity contribution in [3.05, 3.63) is 146 Å². The number of hydrogen-bond acceptors (Lipinski definition) is 4. The van der Waals surface area contributed by atoms with E-state index in [0.717, 1.165) is 33.5 Å². The maximum atomic E-state index is 5.03. The molecule has 8 aromatic rings. The van der Waals surface area contributed by atoms with Crippen LogP contribution in [0.15, 0.2) is 146 Å². The molecular weight excluding hydrogens is 524 g/mol. The average molecular weight is 549 g/mol.